The van der Waals surface area contributed by atoms with Gasteiger partial charge in [0.05, 0.1) is 15.2 Å². The van der Waals surface area contributed by atoms with Gasteiger partial charge in [0, 0.05) is 5.41 Å². The number of aromatic nitrogens is 2. The number of hydrogen-bond donors (Lipinski definition) is 0. The van der Waals surface area contributed by atoms with Crippen molar-refractivity contribution in [3.05, 3.63) is 59.4 Å². The van der Waals surface area contributed by atoms with E-state index in [1.165, 1.54) is 41.0 Å². The molecule has 0 saturated heterocycles. The van der Waals surface area contributed by atoms with E-state index in [4.69, 9.17) is 9.40 Å². The van der Waals surface area contributed by atoms with Crippen LogP contribution >= 0.6 is 11.3 Å². The molecule has 3 nitrogen and oxygen atoms in total. The quantitative estimate of drug-likeness (QED) is 0.299. The molecule has 0 N–H and O–H groups in total. The van der Waals surface area contributed by atoms with Gasteiger partial charge in [-0.1, -0.05) is 64.3 Å². The van der Waals surface area contributed by atoms with E-state index in [9.17, 15) is 0 Å². The molecule has 2 heterocycles. The van der Waals surface area contributed by atoms with E-state index >= 15 is 0 Å². The second kappa shape index (κ2) is 8.04. The van der Waals surface area contributed by atoms with Gasteiger partial charge in [0.25, 0.3) is 0 Å². The maximum atomic E-state index is 5.42. The van der Waals surface area contributed by atoms with Crippen LogP contribution in [0.3, 0.4) is 0 Å². The van der Waals surface area contributed by atoms with Crippen LogP contribution in [-0.4, -0.2) is 9.97 Å². The minimum Gasteiger partial charge on any atom is -0.443 e. The van der Waals surface area contributed by atoms with Crippen LogP contribution in [0, 0.1) is 5.92 Å². The first-order valence-electron chi connectivity index (χ1n) is 10.2. The first kappa shape index (κ1) is 19.1. The second-order valence-electron chi connectivity index (χ2n) is 8.54. The van der Waals surface area contributed by atoms with Gasteiger partial charge in [0.15, 0.2) is 12.0 Å². The zero-order valence-electron chi connectivity index (χ0n) is 16.9. The van der Waals surface area contributed by atoms with Crippen LogP contribution < -0.4 is 0 Å². The van der Waals surface area contributed by atoms with Crippen molar-refractivity contribution in [1.29, 1.82) is 0 Å². The number of thiazole rings is 1. The van der Waals surface area contributed by atoms with E-state index in [-0.39, 0.29) is 5.41 Å². The zero-order valence-corrected chi connectivity index (χ0v) is 17.8. The van der Waals surface area contributed by atoms with Crippen LogP contribution in [-0.2, 0) is 11.8 Å². The first-order valence-corrected chi connectivity index (χ1v) is 11.0. The number of nitrogens with zero attached hydrogens (tertiary/aromatic N) is 2. The summed E-state index contributed by atoms with van der Waals surface area (Å²) in [6.07, 6.45) is 7.52. The van der Waals surface area contributed by atoms with Crippen molar-refractivity contribution in [2.24, 2.45) is 5.92 Å². The van der Waals surface area contributed by atoms with Crippen molar-refractivity contribution in [3.8, 4) is 0 Å². The third kappa shape index (κ3) is 4.12. The Kier molecular flexibility index (Phi) is 5.49. The average Bonchev–Trinajstić information content (AvgIpc) is 3.33. The van der Waals surface area contributed by atoms with E-state index in [2.05, 4.69) is 62.2 Å². The van der Waals surface area contributed by atoms with Crippen molar-refractivity contribution < 1.29 is 4.42 Å². The van der Waals surface area contributed by atoms with Gasteiger partial charge in [-0.3, -0.25) is 0 Å². The molecule has 4 rings (SSSR count). The van der Waals surface area contributed by atoms with E-state index in [0.717, 1.165) is 23.0 Å². The Bertz CT molecular complexity index is 1030. The Morgan fingerprint density at radius 1 is 1.07 bits per heavy atom. The predicted octanol–water partition coefficient (Wildman–Crippen LogP) is 7.15. The summed E-state index contributed by atoms with van der Waals surface area (Å²) >= 11 is 1.85. The molecular formula is C24H28N2OS. The molecule has 2 aromatic carbocycles. The topological polar surface area (TPSA) is 38.9 Å². The maximum absolute atomic E-state index is 5.42. The summed E-state index contributed by atoms with van der Waals surface area (Å²) in [6, 6.07) is 14.7. The fraction of sp³-hybridized carbons (Fsp3) is 0.417. The van der Waals surface area contributed by atoms with Gasteiger partial charge in [-0.2, -0.15) is 0 Å². The normalized spacial score (nSPS) is 13.4. The maximum Gasteiger partial charge on any atom is 0.181 e. The highest BCUT2D eigenvalue weighted by atomic mass is 32.1. The van der Waals surface area contributed by atoms with Gasteiger partial charge in [-0.15, -0.1) is 11.3 Å². The third-order valence-electron chi connectivity index (χ3n) is 5.63. The van der Waals surface area contributed by atoms with Crippen LogP contribution in [0.5, 0.6) is 0 Å². The summed E-state index contributed by atoms with van der Waals surface area (Å²) in [5, 5.41) is 1.26. The second-order valence-corrected chi connectivity index (χ2v) is 9.57. The van der Waals surface area contributed by atoms with Gasteiger partial charge in [-0.05, 0) is 42.5 Å². The van der Waals surface area contributed by atoms with E-state index in [1.54, 1.807) is 6.39 Å². The average molecular weight is 393 g/mol. The van der Waals surface area contributed by atoms with Crippen molar-refractivity contribution in [1.82, 2.24) is 9.97 Å². The minimum atomic E-state index is 0.138. The standard InChI is InChI=1S/C24H28N2OS/c1-17(15-18-10-8-12-20-22(18)25-16-27-20)9-6-7-14-24(2,3)23-26-19-11-4-5-13-21(19)28-23/h4-5,8,10-13,16-17H,6-7,9,14-15H2,1-3H3. The highest BCUT2D eigenvalue weighted by Gasteiger charge is 2.24. The smallest absolute Gasteiger partial charge is 0.181 e. The minimum absolute atomic E-state index is 0.138. The van der Waals surface area contributed by atoms with Crippen molar-refractivity contribution in [2.45, 2.75) is 58.3 Å². The number of fused-ring (bicyclic) bond motifs is 2. The molecule has 0 spiro atoms. The summed E-state index contributed by atoms with van der Waals surface area (Å²) in [7, 11) is 0. The monoisotopic (exact) mass is 392 g/mol. The van der Waals surface area contributed by atoms with Crippen LogP contribution in [0.25, 0.3) is 21.3 Å². The zero-order chi connectivity index (χ0) is 19.6. The molecule has 1 atom stereocenters. The van der Waals surface area contributed by atoms with Gasteiger partial charge >= 0.3 is 0 Å². The number of oxazole rings is 1. The van der Waals surface area contributed by atoms with Crippen molar-refractivity contribution in [3.63, 3.8) is 0 Å². The van der Waals surface area contributed by atoms with Crippen LogP contribution in [0.15, 0.2) is 53.3 Å². The van der Waals surface area contributed by atoms with Gasteiger partial charge < -0.3 is 4.42 Å². The molecule has 0 aliphatic carbocycles. The van der Waals surface area contributed by atoms with E-state index in [1.807, 2.05) is 17.4 Å². The highest BCUT2D eigenvalue weighted by molar-refractivity contribution is 7.18. The lowest BCUT2D eigenvalue weighted by molar-refractivity contribution is 0.420. The molecule has 0 fully saturated rings. The molecule has 28 heavy (non-hydrogen) atoms. The largest absolute Gasteiger partial charge is 0.443 e. The van der Waals surface area contributed by atoms with Crippen LogP contribution in [0.1, 0.15) is 57.0 Å². The van der Waals surface area contributed by atoms with Gasteiger partial charge in [0.2, 0.25) is 0 Å². The molecule has 4 heteroatoms. The SMILES string of the molecule is CC(CCCCC(C)(C)c1nc2ccccc2s1)Cc1cccc2ocnc12. The molecule has 146 valence electrons. The molecule has 0 aliphatic rings. The van der Waals surface area contributed by atoms with Gasteiger partial charge in [-0.25, -0.2) is 9.97 Å². The predicted molar refractivity (Wildman–Crippen MR) is 118 cm³/mol. The molecule has 1 unspecified atom stereocenters. The first-order chi connectivity index (χ1) is 13.5. The van der Waals surface area contributed by atoms with E-state index in [0.29, 0.717) is 5.92 Å². The summed E-state index contributed by atoms with van der Waals surface area (Å²) in [6.45, 7) is 7.01. The Morgan fingerprint density at radius 3 is 2.79 bits per heavy atom. The summed E-state index contributed by atoms with van der Waals surface area (Å²) < 4.78 is 6.72. The number of rotatable bonds is 8. The van der Waals surface area contributed by atoms with Crippen LogP contribution in [0.4, 0.5) is 0 Å². The molecule has 2 aromatic heterocycles. The number of hydrogen-bond acceptors (Lipinski definition) is 4. The molecule has 4 aromatic rings. The van der Waals surface area contributed by atoms with Crippen LogP contribution in [0.2, 0.25) is 0 Å². The Balaban J connectivity index is 1.29. The van der Waals surface area contributed by atoms with Gasteiger partial charge in [0.1, 0.15) is 5.52 Å². The van der Waals surface area contributed by atoms with E-state index < -0.39 is 0 Å². The Morgan fingerprint density at radius 2 is 1.93 bits per heavy atom. The number of benzene rings is 2. The lowest BCUT2D eigenvalue weighted by Crippen LogP contribution is -2.16. The molecule has 0 radical (unpaired) electrons. The lowest BCUT2D eigenvalue weighted by Gasteiger charge is -2.22. The van der Waals surface area contributed by atoms with Crippen molar-refractivity contribution >= 4 is 32.7 Å². The molecular weight excluding hydrogens is 364 g/mol. The molecule has 0 bridgehead atoms. The number of unbranched alkanes of at least 4 members (excludes halogenated alkanes) is 1. The lowest BCUT2D eigenvalue weighted by atomic mass is 9.86. The fourth-order valence-electron chi connectivity index (χ4n) is 3.92. The Labute approximate surface area is 170 Å². The van der Waals surface area contributed by atoms with Crippen molar-refractivity contribution in [2.75, 3.05) is 0 Å². The summed E-state index contributed by atoms with van der Waals surface area (Å²) in [5.74, 6) is 0.646. The highest BCUT2D eigenvalue weighted by Crippen LogP contribution is 2.35. The summed E-state index contributed by atoms with van der Waals surface area (Å²) in [4.78, 5) is 9.26. The molecule has 0 aliphatic heterocycles. The molecule has 0 saturated carbocycles. The third-order valence-corrected chi connectivity index (χ3v) is 7.04. The summed E-state index contributed by atoms with van der Waals surface area (Å²) in [5.41, 5.74) is 4.48. The Hall–Kier alpha value is -2.20. The molecule has 0 amide bonds. The fourth-order valence-corrected chi connectivity index (χ4v) is 5.01. The number of para-hydroxylation sites is 2.